The summed E-state index contributed by atoms with van der Waals surface area (Å²) in [5.41, 5.74) is 5.40. The van der Waals surface area contributed by atoms with Gasteiger partial charge in [0.25, 0.3) is 0 Å². The Morgan fingerprint density at radius 3 is 1.96 bits per heavy atom. The van der Waals surface area contributed by atoms with Crippen LogP contribution in [0, 0.1) is 0 Å². The molecule has 4 N–H and O–H groups in total. The first-order valence-electron chi connectivity index (χ1n) is 9.34. The summed E-state index contributed by atoms with van der Waals surface area (Å²) in [6, 6.07) is -0.771. The van der Waals surface area contributed by atoms with E-state index in [-0.39, 0.29) is 18.3 Å². The second-order valence-electron chi connectivity index (χ2n) is 6.32. The van der Waals surface area contributed by atoms with Crippen molar-refractivity contribution in [3.8, 4) is 0 Å². The van der Waals surface area contributed by atoms with Crippen molar-refractivity contribution in [2.24, 2.45) is 5.73 Å². The smallest absolute Gasteiger partial charge is 0.326 e. The molecule has 0 aromatic heterocycles. The lowest BCUT2D eigenvalue weighted by molar-refractivity contribution is -0.142. The van der Waals surface area contributed by atoms with Gasteiger partial charge in [-0.05, 0) is 32.2 Å². The monoisotopic (exact) mass is 364 g/mol. The minimum Gasteiger partial charge on any atom is -0.480 e. The fourth-order valence-corrected chi connectivity index (χ4v) is 2.61. The number of aliphatic carboxylic acids is 1. The molecule has 0 aromatic carbocycles. The van der Waals surface area contributed by atoms with E-state index in [9.17, 15) is 9.59 Å². The van der Waals surface area contributed by atoms with Crippen LogP contribution in [0.15, 0.2) is 0 Å². The van der Waals surface area contributed by atoms with E-state index in [0.29, 0.717) is 19.4 Å². The van der Waals surface area contributed by atoms with Crippen LogP contribution in [-0.2, 0) is 9.59 Å². The van der Waals surface area contributed by atoms with E-state index in [4.69, 9.17) is 10.8 Å². The van der Waals surface area contributed by atoms with Gasteiger partial charge in [-0.3, -0.25) is 4.79 Å². The quantitative estimate of drug-likeness (QED) is 0.360. The summed E-state index contributed by atoms with van der Waals surface area (Å²) >= 11 is 0. The molecule has 0 aliphatic rings. The number of carboxylic acids is 1. The third-order valence-corrected chi connectivity index (χ3v) is 4.09. The molecule has 1 atom stereocenters. The van der Waals surface area contributed by atoms with Crippen LogP contribution < -0.4 is 11.1 Å². The Bertz CT molecular complexity index is 315. The van der Waals surface area contributed by atoms with Gasteiger partial charge in [-0.1, -0.05) is 58.3 Å². The lowest BCUT2D eigenvalue weighted by Gasteiger charge is -2.14. The number of amides is 1. The van der Waals surface area contributed by atoms with Crippen LogP contribution >= 0.6 is 12.4 Å². The first kappa shape index (κ1) is 25.4. The van der Waals surface area contributed by atoms with Crippen molar-refractivity contribution in [1.82, 2.24) is 5.32 Å². The standard InChI is InChI=1S/C18H36N2O3.ClH/c1-2-3-4-5-6-7-8-9-10-14-17(21)20-16(18(22)23)13-11-12-15-19;/h16H,2-15,19H2,1H3,(H,20,21)(H,22,23);1H/t16-;/m0./s1. The van der Waals surface area contributed by atoms with Crippen LogP contribution in [0.3, 0.4) is 0 Å². The molecule has 0 unspecified atom stereocenters. The summed E-state index contributed by atoms with van der Waals surface area (Å²) in [5, 5.41) is 11.7. The molecule has 0 aliphatic carbocycles. The van der Waals surface area contributed by atoms with Crippen LogP contribution in [-0.4, -0.2) is 29.6 Å². The van der Waals surface area contributed by atoms with Gasteiger partial charge >= 0.3 is 5.97 Å². The normalized spacial score (nSPS) is 11.6. The molecule has 0 radical (unpaired) electrons. The molecule has 0 saturated heterocycles. The first-order chi connectivity index (χ1) is 11.1. The van der Waals surface area contributed by atoms with Gasteiger partial charge in [0.1, 0.15) is 6.04 Å². The maximum atomic E-state index is 11.8. The van der Waals surface area contributed by atoms with Gasteiger partial charge in [-0.25, -0.2) is 4.79 Å². The summed E-state index contributed by atoms with van der Waals surface area (Å²) in [5.74, 6) is -1.10. The Balaban J connectivity index is 0. The average Bonchev–Trinajstić information content (AvgIpc) is 2.52. The molecule has 0 fully saturated rings. The maximum absolute atomic E-state index is 11.8. The summed E-state index contributed by atoms with van der Waals surface area (Å²) < 4.78 is 0. The van der Waals surface area contributed by atoms with Crippen LogP contribution in [0.2, 0.25) is 0 Å². The minimum atomic E-state index is -0.956. The van der Waals surface area contributed by atoms with Crippen LogP contribution in [0.25, 0.3) is 0 Å². The molecule has 0 aromatic rings. The SMILES string of the molecule is CCCCCCCCCCCC(=O)N[C@@H](CCCCN)C(=O)O.Cl. The zero-order valence-electron chi connectivity index (χ0n) is 15.2. The fraction of sp³-hybridized carbons (Fsp3) is 0.889. The molecule has 0 spiro atoms. The first-order valence-corrected chi connectivity index (χ1v) is 9.34. The highest BCUT2D eigenvalue weighted by Crippen LogP contribution is 2.10. The molecular weight excluding hydrogens is 328 g/mol. The van der Waals surface area contributed by atoms with Gasteiger partial charge < -0.3 is 16.2 Å². The topological polar surface area (TPSA) is 92.4 Å². The van der Waals surface area contributed by atoms with E-state index in [1.807, 2.05) is 0 Å². The van der Waals surface area contributed by atoms with E-state index in [2.05, 4.69) is 12.2 Å². The Hall–Kier alpha value is -0.810. The lowest BCUT2D eigenvalue weighted by Crippen LogP contribution is -2.40. The Morgan fingerprint density at radius 2 is 1.46 bits per heavy atom. The van der Waals surface area contributed by atoms with Gasteiger partial charge in [0.2, 0.25) is 5.91 Å². The number of nitrogens with one attached hydrogen (secondary N) is 1. The number of rotatable bonds is 16. The number of carboxylic acid groups (broad SMARTS) is 1. The van der Waals surface area contributed by atoms with Gasteiger partial charge in [0.15, 0.2) is 0 Å². The maximum Gasteiger partial charge on any atom is 0.326 e. The Morgan fingerprint density at radius 1 is 0.917 bits per heavy atom. The van der Waals surface area contributed by atoms with Gasteiger partial charge in [0.05, 0.1) is 0 Å². The fourth-order valence-electron chi connectivity index (χ4n) is 2.61. The van der Waals surface area contributed by atoms with E-state index in [1.165, 1.54) is 38.5 Å². The molecule has 24 heavy (non-hydrogen) atoms. The number of unbranched alkanes of at least 4 members (excludes halogenated alkanes) is 9. The molecular formula is C18H37ClN2O3. The van der Waals surface area contributed by atoms with Crippen molar-refractivity contribution in [3.05, 3.63) is 0 Å². The highest BCUT2D eigenvalue weighted by atomic mass is 35.5. The van der Waals surface area contributed by atoms with E-state index in [1.54, 1.807) is 0 Å². The van der Waals surface area contributed by atoms with E-state index < -0.39 is 12.0 Å². The summed E-state index contributed by atoms with van der Waals surface area (Å²) in [7, 11) is 0. The van der Waals surface area contributed by atoms with Crippen LogP contribution in [0.4, 0.5) is 0 Å². The van der Waals surface area contributed by atoms with Gasteiger partial charge in [-0.15, -0.1) is 12.4 Å². The Kier molecular flexibility index (Phi) is 19.6. The van der Waals surface area contributed by atoms with E-state index in [0.717, 1.165) is 32.1 Å². The lowest BCUT2D eigenvalue weighted by atomic mass is 10.1. The number of carbonyl (C=O) groups is 2. The zero-order chi connectivity index (χ0) is 17.3. The van der Waals surface area contributed by atoms with Gasteiger partial charge in [0, 0.05) is 6.42 Å². The Labute approximate surface area is 153 Å². The zero-order valence-corrected chi connectivity index (χ0v) is 16.0. The van der Waals surface area contributed by atoms with Crippen molar-refractivity contribution in [2.45, 2.75) is 96.4 Å². The third-order valence-electron chi connectivity index (χ3n) is 4.09. The molecule has 0 rings (SSSR count). The van der Waals surface area contributed by atoms with Crippen molar-refractivity contribution in [3.63, 3.8) is 0 Å². The predicted octanol–water partition coefficient (Wildman–Crippen LogP) is 4.03. The number of halogens is 1. The highest BCUT2D eigenvalue weighted by molar-refractivity contribution is 5.85. The number of carbonyl (C=O) groups excluding carboxylic acids is 1. The third kappa shape index (κ3) is 16.1. The number of hydrogen-bond acceptors (Lipinski definition) is 3. The molecule has 0 heterocycles. The predicted molar refractivity (Wildman–Crippen MR) is 102 cm³/mol. The molecule has 1 amide bonds. The van der Waals surface area contributed by atoms with Crippen molar-refractivity contribution < 1.29 is 14.7 Å². The van der Waals surface area contributed by atoms with Crippen LogP contribution in [0.5, 0.6) is 0 Å². The molecule has 0 aliphatic heterocycles. The minimum absolute atomic E-state index is 0. The summed E-state index contributed by atoms with van der Waals surface area (Å²) in [4.78, 5) is 22.9. The summed E-state index contributed by atoms with van der Waals surface area (Å²) in [6.07, 6.45) is 13.2. The van der Waals surface area contributed by atoms with Crippen LogP contribution in [0.1, 0.15) is 90.4 Å². The van der Waals surface area contributed by atoms with Crippen molar-refractivity contribution in [1.29, 1.82) is 0 Å². The number of hydrogen-bond donors (Lipinski definition) is 3. The van der Waals surface area contributed by atoms with E-state index >= 15 is 0 Å². The molecule has 5 nitrogen and oxygen atoms in total. The van der Waals surface area contributed by atoms with Crippen molar-refractivity contribution >= 4 is 24.3 Å². The average molecular weight is 365 g/mol. The van der Waals surface area contributed by atoms with Gasteiger partial charge in [-0.2, -0.15) is 0 Å². The largest absolute Gasteiger partial charge is 0.480 e. The number of nitrogens with two attached hydrogens (primary N) is 1. The highest BCUT2D eigenvalue weighted by Gasteiger charge is 2.18. The summed E-state index contributed by atoms with van der Waals surface area (Å²) in [6.45, 7) is 2.77. The second-order valence-corrected chi connectivity index (χ2v) is 6.32. The molecule has 144 valence electrons. The molecule has 0 bridgehead atoms. The molecule has 6 heteroatoms. The molecule has 0 saturated carbocycles. The van der Waals surface area contributed by atoms with Crippen molar-refractivity contribution in [2.75, 3.05) is 6.54 Å². The second kappa shape index (κ2) is 18.5.